The molecule has 2 aromatic rings. The van der Waals surface area contributed by atoms with Crippen molar-refractivity contribution in [3.05, 3.63) is 45.3 Å². The van der Waals surface area contributed by atoms with Crippen LogP contribution in [0.3, 0.4) is 0 Å². The van der Waals surface area contributed by atoms with E-state index in [4.69, 9.17) is 17.0 Å². The Morgan fingerprint density at radius 2 is 2.06 bits per heavy atom. The van der Waals surface area contributed by atoms with Crippen LogP contribution in [-0.2, 0) is 11.3 Å². The SMILES string of the molecule is CCOCc1nc(=S)c(Br)c(-c2ccccc2)[nH]1. The highest BCUT2D eigenvalue weighted by Crippen LogP contribution is 2.26. The normalized spacial score (nSPS) is 10.6. The number of aromatic amines is 1. The van der Waals surface area contributed by atoms with Crippen LogP contribution in [0.2, 0.25) is 0 Å². The van der Waals surface area contributed by atoms with Crippen LogP contribution in [0.15, 0.2) is 34.8 Å². The van der Waals surface area contributed by atoms with Gasteiger partial charge in [0.25, 0.3) is 0 Å². The van der Waals surface area contributed by atoms with Gasteiger partial charge in [0, 0.05) is 6.61 Å². The third kappa shape index (κ3) is 3.04. The zero-order chi connectivity index (χ0) is 13.0. The van der Waals surface area contributed by atoms with Gasteiger partial charge < -0.3 is 9.72 Å². The molecule has 0 aliphatic heterocycles. The standard InChI is InChI=1S/C13H13BrN2OS/c1-2-17-8-10-15-12(11(14)13(18)16-10)9-6-4-3-5-7-9/h3-7H,2,8H2,1H3,(H,15,16,18). The molecule has 18 heavy (non-hydrogen) atoms. The van der Waals surface area contributed by atoms with Gasteiger partial charge in [0.1, 0.15) is 17.1 Å². The second-order valence-corrected chi connectivity index (χ2v) is 4.86. The number of aromatic nitrogens is 2. The number of hydrogen-bond acceptors (Lipinski definition) is 3. The number of ether oxygens (including phenoxy) is 1. The van der Waals surface area contributed by atoms with E-state index in [9.17, 15) is 0 Å². The van der Waals surface area contributed by atoms with E-state index in [1.54, 1.807) is 0 Å². The van der Waals surface area contributed by atoms with Crippen LogP contribution in [0.5, 0.6) is 0 Å². The number of nitrogens with zero attached hydrogens (tertiary/aromatic N) is 1. The summed E-state index contributed by atoms with van der Waals surface area (Å²) in [7, 11) is 0. The van der Waals surface area contributed by atoms with Gasteiger partial charge in [-0.05, 0) is 28.4 Å². The molecule has 94 valence electrons. The van der Waals surface area contributed by atoms with Crippen molar-refractivity contribution in [3.63, 3.8) is 0 Å². The number of hydrogen-bond donors (Lipinski definition) is 1. The molecule has 0 unspecified atom stereocenters. The molecule has 1 heterocycles. The quantitative estimate of drug-likeness (QED) is 0.860. The lowest BCUT2D eigenvalue weighted by Gasteiger charge is -2.08. The van der Waals surface area contributed by atoms with E-state index in [1.807, 2.05) is 37.3 Å². The molecule has 0 spiro atoms. The van der Waals surface area contributed by atoms with Gasteiger partial charge in [-0.2, -0.15) is 0 Å². The molecule has 2 rings (SSSR count). The summed E-state index contributed by atoms with van der Waals surface area (Å²) < 4.78 is 6.70. The van der Waals surface area contributed by atoms with Crippen LogP contribution in [-0.4, -0.2) is 16.6 Å². The minimum Gasteiger partial charge on any atom is -0.374 e. The fraction of sp³-hybridized carbons (Fsp3) is 0.231. The minimum atomic E-state index is 0.438. The Balaban J connectivity index is 2.46. The molecule has 0 radical (unpaired) electrons. The number of rotatable bonds is 4. The number of benzene rings is 1. The van der Waals surface area contributed by atoms with E-state index in [0.29, 0.717) is 17.9 Å². The highest BCUT2D eigenvalue weighted by molar-refractivity contribution is 9.10. The molecule has 5 heteroatoms. The second-order valence-electron chi connectivity index (χ2n) is 3.68. The second kappa shape index (κ2) is 6.22. The van der Waals surface area contributed by atoms with Crippen molar-refractivity contribution in [1.29, 1.82) is 0 Å². The van der Waals surface area contributed by atoms with E-state index in [2.05, 4.69) is 25.9 Å². The predicted octanol–water partition coefficient (Wildman–Crippen LogP) is 4.11. The van der Waals surface area contributed by atoms with Crippen molar-refractivity contribution in [2.45, 2.75) is 13.5 Å². The van der Waals surface area contributed by atoms with Crippen molar-refractivity contribution >= 4 is 28.1 Å². The smallest absolute Gasteiger partial charge is 0.144 e. The van der Waals surface area contributed by atoms with Crippen LogP contribution >= 0.6 is 28.1 Å². The van der Waals surface area contributed by atoms with Gasteiger partial charge >= 0.3 is 0 Å². The van der Waals surface area contributed by atoms with Crippen molar-refractivity contribution in [2.75, 3.05) is 6.61 Å². The van der Waals surface area contributed by atoms with Gasteiger partial charge in [0.2, 0.25) is 0 Å². The lowest BCUT2D eigenvalue weighted by molar-refractivity contribution is 0.128. The number of H-pyrrole nitrogens is 1. The van der Waals surface area contributed by atoms with E-state index in [-0.39, 0.29) is 0 Å². The topological polar surface area (TPSA) is 37.9 Å². The first-order valence-electron chi connectivity index (χ1n) is 5.64. The molecule has 0 fully saturated rings. The summed E-state index contributed by atoms with van der Waals surface area (Å²) in [6.07, 6.45) is 0. The summed E-state index contributed by atoms with van der Waals surface area (Å²) in [6, 6.07) is 10.0. The zero-order valence-electron chi connectivity index (χ0n) is 9.94. The van der Waals surface area contributed by atoms with Gasteiger partial charge in [-0.3, -0.25) is 0 Å². The fourth-order valence-electron chi connectivity index (χ4n) is 1.58. The Morgan fingerprint density at radius 1 is 1.33 bits per heavy atom. The van der Waals surface area contributed by atoms with Crippen LogP contribution in [0.1, 0.15) is 12.7 Å². The summed E-state index contributed by atoms with van der Waals surface area (Å²) in [4.78, 5) is 7.54. The van der Waals surface area contributed by atoms with E-state index < -0.39 is 0 Å². The summed E-state index contributed by atoms with van der Waals surface area (Å²) in [5, 5.41) is 0. The third-order valence-corrected chi connectivity index (χ3v) is 3.75. The molecular weight excluding hydrogens is 312 g/mol. The molecule has 0 aliphatic rings. The Morgan fingerprint density at radius 3 is 2.72 bits per heavy atom. The molecule has 0 atom stereocenters. The van der Waals surface area contributed by atoms with Crippen LogP contribution in [0.4, 0.5) is 0 Å². The van der Waals surface area contributed by atoms with Crippen molar-refractivity contribution < 1.29 is 4.74 Å². The van der Waals surface area contributed by atoms with Crippen molar-refractivity contribution in [2.24, 2.45) is 0 Å². The first-order valence-corrected chi connectivity index (χ1v) is 6.84. The highest BCUT2D eigenvalue weighted by atomic mass is 79.9. The van der Waals surface area contributed by atoms with Crippen LogP contribution in [0, 0.1) is 4.64 Å². The van der Waals surface area contributed by atoms with Crippen molar-refractivity contribution in [3.8, 4) is 11.3 Å². The molecule has 0 amide bonds. The average Bonchev–Trinajstić information content (AvgIpc) is 2.41. The van der Waals surface area contributed by atoms with Crippen LogP contribution < -0.4 is 0 Å². The third-order valence-electron chi connectivity index (χ3n) is 2.42. The maximum absolute atomic E-state index is 5.35. The first-order chi connectivity index (χ1) is 8.72. The molecule has 1 N–H and O–H groups in total. The maximum Gasteiger partial charge on any atom is 0.144 e. The molecule has 0 saturated carbocycles. The molecule has 0 bridgehead atoms. The molecule has 3 nitrogen and oxygen atoms in total. The minimum absolute atomic E-state index is 0.438. The Kier molecular flexibility index (Phi) is 4.63. The van der Waals surface area contributed by atoms with E-state index in [1.165, 1.54) is 0 Å². The van der Waals surface area contributed by atoms with Gasteiger partial charge in [-0.25, -0.2) is 4.98 Å². The Hall–Kier alpha value is -1.04. The van der Waals surface area contributed by atoms with Gasteiger partial charge in [0.05, 0.1) is 10.2 Å². The number of nitrogens with one attached hydrogen (secondary N) is 1. The fourth-order valence-corrected chi connectivity index (χ4v) is 2.21. The lowest BCUT2D eigenvalue weighted by Crippen LogP contribution is -2.01. The lowest BCUT2D eigenvalue weighted by atomic mass is 10.1. The van der Waals surface area contributed by atoms with Crippen LogP contribution in [0.25, 0.3) is 11.3 Å². The monoisotopic (exact) mass is 324 g/mol. The Bertz CT molecular complexity index is 583. The van der Waals surface area contributed by atoms with Gasteiger partial charge in [-0.1, -0.05) is 42.5 Å². The molecule has 0 saturated heterocycles. The molecule has 1 aromatic heterocycles. The Labute approximate surface area is 119 Å². The molecule has 1 aromatic carbocycles. The summed E-state index contributed by atoms with van der Waals surface area (Å²) in [6.45, 7) is 3.04. The summed E-state index contributed by atoms with van der Waals surface area (Å²) in [5.74, 6) is 0.740. The zero-order valence-corrected chi connectivity index (χ0v) is 12.3. The largest absolute Gasteiger partial charge is 0.374 e. The maximum atomic E-state index is 5.35. The van der Waals surface area contributed by atoms with E-state index >= 15 is 0 Å². The number of halogens is 1. The van der Waals surface area contributed by atoms with Crippen molar-refractivity contribution in [1.82, 2.24) is 9.97 Å². The molecule has 0 aliphatic carbocycles. The summed E-state index contributed by atoms with van der Waals surface area (Å²) in [5.41, 5.74) is 2.00. The summed E-state index contributed by atoms with van der Waals surface area (Å²) >= 11 is 8.73. The highest BCUT2D eigenvalue weighted by Gasteiger charge is 2.08. The average molecular weight is 325 g/mol. The van der Waals surface area contributed by atoms with Gasteiger partial charge in [0.15, 0.2) is 0 Å². The predicted molar refractivity (Wildman–Crippen MR) is 77.9 cm³/mol. The van der Waals surface area contributed by atoms with Gasteiger partial charge in [-0.15, -0.1) is 0 Å². The van der Waals surface area contributed by atoms with E-state index in [0.717, 1.165) is 21.6 Å². The molecular formula is C13H13BrN2OS. The first kappa shape index (κ1) is 13.4.